The lowest BCUT2D eigenvalue weighted by Gasteiger charge is -2.24. The molecule has 1 aliphatic heterocycles. The smallest absolute Gasteiger partial charge is 0.243 e. The van der Waals surface area contributed by atoms with E-state index < -0.39 is 10.0 Å². The van der Waals surface area contributed by atoms with Crippen molar-refractivity contribution in [3.05, 3.63) is 60.8 Å². The van der Waals surface area contributed by atoms with Gasteiger partial charge in [0.15, 0.2) is 5.82 Å². The zero-order valence-electron chi connectivity index (χ0n) is 15.8. The predicted molar refractivity (Wildman–Crippen MR) is 106 cm³/mol. The number of methoxy groups -OCH3 is 1. The van der Waals surface area contributed by atoms with Crippen LogP contribution in [0.1, 0.15) is 24.6 Å². The number of anilines is 2. The second kappa shape index (κ2) is 8.10. The summed E-state index contributed by atoms with van der Waals surface area (Å²) in [6.07, 6.45) is 7.76. The van der Waals surface area contributed by atoms with E-state index in [0.717, 1.165) is 6.42 Å². The molecule has 0 amide bonds. The Kier molecular flexibility index (Phi) is 5.36. The van der Waals surface area contributed by atoms with Crippen LogP contribution in [0.5, 0.6) is 5.75 Å². The molecule has 1 saturated heterocycles. The average molecular weight is 412 g/mol. The topological polar surface area (TPSA) is 110 Å². The molecule has 0 bridgehead atoms. The van der Waals surface area contributed by atoms with E-state index in [4.69, 9.17) is 4.74 Å². The van der Waals surface area contributed by atoms with Gasteiger partial charge in [0.2, 0.25) is 16.0 Å². The minimum Gasteiger partial charge on any atom is -0.497 e. The summed E-state index contributed by atoms with van der Waals surface area (Å²) in [5.74, 6) is 1.47. The Balaban J connectivity index is 1.60. The van der Waals surface area contributed by atoms with E-state index in [-0.39, 0.29) is 10.9 Å². The van der Waals surface area contributed by atoms with E-state index >= 15 is 0 Å². The molecule has 10 heteroatoms. The van der Waals surface area contributed by atoms with Crippen LogP contribution in [0.25, 0.3) is 0 Å². The van der Waals surface area contributed by atoms with Crippen molar-refractivity contribution < 1.29 is 13.2 Å². The average Bonchev–Trinajstić information content (AvgIpc) is 3.26. The van der Waals surface area contributed by atoms with E-state index in [2.05, 4.69) is 25.3 Å². The molecule has 1 aliphatic rings. The van der Waals surface area contributed by atoms with Gasteiger partial charge >= 0.3 is 0 Å². The van der Waals surface area contributed by atoms with E-state index in [1.165, 1.54) is 4.31 Å². The second-order valence-corrected chi connectivity index (χ2v) is 8.36. The van der Waals surface area contributed by atoms with Gasteiger partial charge in [-0.15, -0.1) is 0 Å². The zero-order chi connectivity index (χ0) is 20.3. The van der Waals surface area contributed by atoms with E-state index in [0.29, 0.717) is 36.2 Å². The van der Waals surface area contributed by atoms with Crippen molar-refractivity contribution in [2.45, 2.75) is 23.8 Å². The molecule has 3 aromatic rings. The van der Waals surface area contributed by atoms with Crippen LogP contribution < -0.4 is 10.1 Å². The molecule has 0 unspecified atom stereocenters. The summed E-state index contributed by atoms with van der Waals surface area (Å²) in [7, 11) is -2.11. The third-order valence-corrected chi connectivity index (χ3v) is 6.61. The maximum Gasteiger partial charge on any atom is 0.243 e. The van der Waals surface area contributed by atoms with Gasteiger partial charge in [0.25, 0.3) is 0 Å². The van der Waals surface area contributed by atoms with Crippen molar-refractivity contribution >= 4 is 21.8 Å². The molecule has 0 spiro atoms. The van der Waals surface area contributed by atoms with Gasteiger partial charge in [-0.2, -0.15) is 4.31 Å². The van der Waals surface area contributed by atoms with Crippen LogP contribution in [0.15, 0.2) is 60.0 Å². The fraction of sp³-hybridized carbons (Fsp3) is 0.263. The molecule has 150 valence electrons. The molecule has 1 atom stereocenters. The quantitative estimate of drug-likeness (QED) is 0.658. The number of sulfonamides is 1. The predicted octanol–water partition coefficient (Wildman–Crippen LogP) is 2.54. The highest BCUT2D eigenvalue weighted by Crippen LogP contribution is 2.36. The molecular formula is C19H20N6O3S. The molecule has 0 saturated carbocycles. The van der Waals surface area contributed by atoms with Crippen molar-refractivity contribution in [3.63, 3.8) is 0 Å². The summed E-state index contributed by atoms with van der Waals surface area (Å²) in [6.45, 7) is 0.440. The third kappa shape index (κ3) is 4.03. The number of ether oxygens (including phenoxy) is 1. The number of hydrogen-bond acceptors (Lipinski definition) is 8. The van der Waals surface area contributed by atoms with E-state index in [1.54, 1.807) is 62.2 Å². The van der Waals surface area contributed by atoms with Gasteiger partial charge in [-0.05, 0) is 43.2 Å². The van der Waals surface area contributed by atoms with Gasteiger partial charge in [0, 0.05) is 25.1 Å². The van der Waals surface area contributed by atoms with Crippen LogP contribution in [-0.4, -0.2) is 46.3 Å². The van der Waals surface area contributed by atoms with E-state index in [1.807, 2.05) is 0 Å². The summed E-state index contributed by atoms with van der Waals surface area (Å²) < 4.78 is 33.0. The van der Waals surface area contributed by atoms with Crippen LogP contribution in [0.3, 0.4) is 0 Å². The van der Waals surface area contributed by atoms with Crippen LogP contribution >= 0.6 is 0 Å². The van der Waals surface area contributed by atoms with Gasteiger partial charge in [-0.25, -0.2) is 23.4 Å². The van der Waals surface area contributed by atoms with Crippen LogP contribution in [0.2, 0.25) is 0 Å². The molecule has 1 aromatic carbocycles. The van der Waals surface area contributed by atoms with Gasteiger partial charge in [0.05, 0.1) is 29.9 Å². The lowest BCUT2D eigenvalue weighted by molar-refractivity contribution is 0.390. The Labute approximate surface area is 168 Å². The first-order valence-corrected chi connectivity index (χ1v) is 10.5. The summed E-state index contributed by atoms with van der Waals surface area (Å²) in [6, 6.07) is 7.80. The van der Waals surface area contributed by atoms with Crippen molar-refractivity contribution in [3.8, 4) is 5.75 Å². The lowest BCUT2D eigenvalue weighted by atomic mass is 10.1. The monoisotopic (exact) mass is 412 g/mol. The van der Waals surface area contributed by atoms with Crippen molar-refractivity contribution in [2.24, 2.45) is 0 Å². The second-order valence-electron chi connectivity index (χ2n) is 6.47. The van der Waals surface area contributed by atoms with Crippen molar-refractivity contribution in [1.82, 2.24) is 24.2 Å². The van der Waals surface area contributed by atoms with Gasteiger partial charge in [-0.1, -0.05) is 0 Å². The molecule has 29 heavy (non-hydrogen) atoms. The molecule has 2 aromatic heterocycles. The fourth-order valence-electron chi connectivity index (χ4n) is 3.30. The zero-order valence-corrected chi connectivity index (χ0v) is 16.6. The molecule has 0 radical (unpaired) electrons. The highest BCUT2D eigenvalue weighted by atomic mass is 32.2. The number of nitrogens with one attached hydrogen (secondary N) is 1. The molecular weight excluding hydrogens is 392 g/mol. The maximum atomic E-state index is 13.2. The number of benzene rings is 1. The van der Waals surface area contributed by atoms with Gasteiger partial charge < -0.3 is 10.1 Å². The third-order valence-electron chi connectivity index (χ3n) is 4.69. The SMILES string of the molecule is COc1ccc(S(=O)(=O)N2CCC[C@H]2c2ccnc(Nc3cnccn3)n2)cc1. The van der Waals surface area contributed by atoms with Crippen molar-refractivity contribution in [2.75, 3.05) is 19.0 Å². The molecule has 1 N–H and O–H groups in total. The standard InChI is InChI=1S/C19H20N6O3S/c1-28-14-4-6-15(7-5-14)29(26,27)25-12-2-3-17(25)16-8-9-22-19(23-16)24-18-13-20-10-11-21-18/h4-11,13,17H,2-3,12H2,1H3,(H,21,22,23,24)/t17-/m0/s1. The molecule has 3 heterocycles. The number of hydrogen-bond donors (Lipinski definition) is 1. The maximum absolute atomic E-state index is 13.2. The Hall–Kier alpha value is -3.11. The van der Waals surface area contributed by atoms with Crippen LogP contribution in [0.4, 0.5) is 11.8 Å². The van der Waals surface area contributed by atoms with Crippen molar-refractivity contribution in [1.29, 1.82) is 0 Å². The summed E-state index contributed by atoms with van der Waals surface area (Å²) in [5.41, 5.74) is 0.640. The minimum atomic E-state index is -3.66. The normalized spacial score (nSPS) is 17.2. The minimum absolute atomic E-state index is 0.233. The Morgan fingerprint density at radius 1 is 1.10 bits per heavy atom. The molecule has 1 fully saturated rings. The first-order chi connectivity index (χ1) is 14.1. The summed E-state index contributed by atoms with van der Waals surface area (Å²) >= 11 is 0. The number of nitrogens with zero attached hydrogens (tertiary/aromatic N) is 5. The van der Waals surface area contributed by atoms with Crippen LogP contribution in [-0.2, 0) is 10.0 Å². The highest BCUT2D eigenvalue weighted by Gasteiger charge is 2.37. The van der Waals surface area contributed by atoms with Crippen LogP contribution in [0, 0.1) is 0 Å². The van der Waals surface area contributed by atoms with Gasteiger partial charge in [-0.3, -0.25) is 4.98 Å². The Morgan fingerprint density at radius 3 is 2.66 bits per heavy atom. The fourth-order valence-corrected chi connectivity index (χ4v) is 4.97. The number of rotatable bonds is 6. The Bertz CT molecular complexity index is 1080. The number of aromatic nitrogens is 4. The van der Waals surface area contributed by atoms with E-state index in [9.17, 15) is 8.42 Å². The molecule has 0 aliphatic carbocycles. The van der Waals surface area contributed by atoms with Gasteiger partial charge in [0.1, 0.15) is 5.75 Å². The first-order valence-electron chi connectivity index (χ1n) is 9.10. The first kappa shape index (κ1) is 19.2. The summed E-state index contributed by atoms with van der Waals surface area (Å²) in [5, 5.41) is 2.99. The lowest BCUT2D eigenvalue weighted by Crippen LogP contribution is -2.31. The summed E-state index contributed by atoms with van der Waals surface area (Å²) in [4.78, 5) is 17.1. The highest BCUT2D eigenvalue weighted by molar-refractivity contribution is 7.89. The molecule has 4 rings (SSSR count). The Morgan fingerprint density at radius 2 is 1.93 bits per heavy atom. The molecule has 9 nitrogen and oxygen atoms in total. The largest absolute Gasteiger partial charge is 0.497 e.